The molecule has 0 saturated carbocycles. The fourth-order valence-corrected chi connectivity index (χ4v) is 39.6. The first-order valence-electron chi connectivity index (χ1n) is 36.0. The third-order valence-electron chi connectivity index (χ3n) is 23.6. The molecule has 0 fully saturated rings. The highest BCUT2D eigenvalue weighted by Gasteiger charge is 2.45. The van der Waals surface area contributed by atoms with E-state index in [2.05, 4.69) is 358 Å². The van der Waals surface area contributed by atoms with Crippen molar-refractivity contribution in [3.8, 4) is 68.1 Å². The van der Waals surface area contributed by atoms with E-state index in [1.807, 2.05) is 0 Å². The number of fused-ring (bicyclic) bond motifs is 7. The van der Waals surface area contributed by atoms with Gasteiger partial charge in [0.25, 0.3) is 0 Å². The highest BCUT2D eigenvalue weighted by atomic mass is 28.3. The summed E-state index contributed by atoms with van der Waals surface area (Å²) < 4.78 is 0. The molecule has 0 spiro atoms. The minimum atomic E-state index is -2.13. The minimum absolute atomic E-state index is 0.512. The zero-order valence-electron chi connectivity index (χ0n) is 61.8. The van der Waals surface area contributed by atoms with Crippen molar-refractivity contribution in [3.63, 3.8) is 0 Å². The van der Waals surface area contributed by atoms with Gasteiger partial charge in [0.15, 0.2) is 0 Å². The SMILES string of the molecule is CC(C)[Si](C#Cc1c2ccccc2c(C#C[Si](C(C)C)(C(C)C)C(C)C)c2cc3cc(-c4ccc(-c5ccc6cc7c(C#C[Si](C(C)C)(C(C)C)C(C)C)c8cc9ccccc9cc8c(C#C[Si](C(C)C)(C(C)C)C(C)C)c7cc6c5)cc4)ccc3cc12)(C(C)C)C(C)C. The molecule has 0 N–H and O–H groups in total. The molecule has 10 aromatic carbocycles. The van der Waals surface area contributed by atoms with Crippen LogP contribution in [0.4, 0.5) is 0 Å². The molecule has 0 heterocycles. The van der Waals surface area contributed by atoms with E-state index in [1.54, 1.807) is 0 Å². The Morgan fingerprint density at radius 3 is 0.617 bits per heavy atom. The molecule has 0 aromatic heterocycles. The molecule has 0 radical (unpaired) electrons. The van der Waals surface area contributed by atoms with Crippen molar-refractivity contribution in [2.45, 2.75) is 233 Å². The van der Waals surface area contributed by atoms with Crippen molar-refractivity contribution < 1.29 is 0 Å². The second kappa shape index (κ2) is 27.3. The van der Waals surface area contributed by atoms with Crippen molar-refractivity contribution in [1.29, 1.82) is 0 Å². The maximum absolute atomic E-state index is 4.22. The van der Waals surface area contributed by atoms with Crippen molar-refractivity contribution in [3.05, 3.63) is 168 Å². The first-order valence-corrected chi connectivity index (χ1v) is 44.9. The van der Waals surface area contributed by atoms with Crippen molar-refractivity contribution in [2.75, 3.05) is 0 Å². The van der Waals surface area contributed by atoms with Crippen LogP contribution < -0.4 is 0 Å². The third kappa shape index (κ3) is 12.1. The van der Waals surface area contributed by atoms with Crippen LogP contribution in [0.1, 0.15) is 188 Å². The summed E-state index contributed by atoms with van der Waals surface area (Å²) in [6.07, 6.45) is 0. The Labute approximate surface area is 572 Å². The fourth-order valence-electron chi connectivity index (χ4n) is 18.7. The van der Waals surface area contributed by atoms with E-state index in [4.69, 9.17) is 0 Å². The molecule has 94 heavy (non-hydrogen) atoms. The van der Waals surface area contributed by atoms with Crippen LogP contribution in [0.5, 0.6) is 0 Å². The van der Waals surface area contributed by atoms with E-state index in [1.165, 1.54) is 97.7 Å². The van der Waals surface area contributed by atoms with Crippen molar-refractivity contribution in [2.24, 2.45) is 0 Å². The molecule has 0 atom stereocenters. The molecule has 484 valence electrons. The largest absolute Gasteiger partial charge is 0.146 e. The number of rotatable bonds is 14. The molecular weight excluding hydrogens is 1190 g/mol. The fraction of sp³-hybridized carbons (Fsp3) is 0.400. The van der Waals surface area contributed by atoms with Gasteiger partial charge in [-0.15, -0.1) is 22.2 Å². The Hall–Kier alpha value is -6.87. The average Bonchev–Trinajstić information content (AvgIpc) is 0.735. The standard InChI is InChI=1S/C90H108Si4/c1-57(2)91(58(3)4,59(5)6)45-41-81-79-31-27-28-32-80(79)82(42-46-92(60(7)8,61(9)10)62(11)12)89-55-77-49-73(37-39-75(77)53-85(81)89)69-33-35-70(36-34-69)74-38-40-76-54-88-83(43-47-93(63(13)14,64(15)16)65(17)18)86-51-71-29-25-26-30-72(71)52-87(86)84(90(88)56-78(76)50-74)44-48-94(66(19)20,67(21)22)68(23)24/h25-40,49-68H,1-24H3. The summed E-state index contributed by atoms with van der Waals surface area (Å²) in [6.45, 7) is 58.2. The van der Waals surface area contributed by atoms with E-state index in [-0.39, 0.29) is 0 Å². The molecule has 0 saturated heterocycles. The molecule has 0 aliphatic heterocycles. The Morgan fingerprint density at radius 2 is 0.383 bits per heavy atom. The summed E-state index contributed by atoms with van der Waals surface area (Å²) in [4.78, 5) is 0. The summed E-state index contributed by atoms with van der Waals surface area (Å²) in [7, 11) is -8.40. The highest BCUT2D eigenvalue weighted by Crippen LogP contribution is 2.47. The van der Waals surface area contributed by atoms with E-state index in [0.717, 1.165) is 22.3 Å². The lowest BCUT2D eigenvalue weighted by molar-refractivity contribution is 0.838. The average molecular weight is 1300 g/mol. The zero-order valence-corrected chi connectivity index (χ0v) is 65.8. The van der Waals surface area contributed by atoms with Crippen LogP contribution in [0.3, 0.4) is 0 Å². The van der Waals surface area contributed by atoms with Gasteiger partial charge in [0.1, 0.15) is 32.3 Å². The molecule has 0 aliphatic rings. The van der Waals surface area contributed by atoms with Gasteiger partial charge in [-0.25, -0.2) is 0 Å². The monoisotopic (exact) mass is 1300 g/mol. The maximum atomic E-state index is 4.22. The summed E-state index contributed by atoms with van der Waals surface area (Å²) in [5.74, 6) is 16.3. The summed E-state index contributed by atoms with van der Waals surface area (Å²) >= 11 is 0. The molecule has 0 bridgehead atoms. The van der Waals surface area contributed by atoms with Crippen LogP contribution in [0, 0.1) is 45.9 Å². The van der Waals surface area contributed by atoms with Crippen molar-refractivity contribution in [1.82, 2.24) is 0 Å². The molecular formula is C90H108Si4. The van der Waals surface area contributed by atoms with Crippen LogP contribution in [0.2, 0.25) is 66.5 Å². The zero-order chi connectivity index (χ0) is 68.3. The van der Waals surface area contributed by atoms with Crippen LogP contribution in [0.15, 0.2) is 146 Å². The van der Waals surface area contributed by atoms with Crippen LogP contribution in [-0.4, -0.2) is 32.3 Å². The smallest absolute Gasteiger partial charge is 0.125 e. The first-order chi connectivity index (χ1) is 44.5. The predicted octanol–water partition coefficient (Wildman–Crippen LogP) is 27.4. The van der Waals surface area contributed by atoms with Crippen molar-refractivity contribution >= 4 is 108 Å². The molecule has 4 heteroatoms. The summed E-state index contributed by atoms with van der Waals surface area (Å²) in [6, 6.07) is 56.0. The Morgan fingerprint density at radius 1 is 0.191 bits per heavy atom. The number of hydrogen-bond donors (Lipinski definition) is 0. The van der Waals surface area contributed by atoms with Crippen LogP contribution in [0.25, 0.3) is 97.7 Å². The number of benzene rings is 10. The highest BCUT2D eigenvalue weighted by molar-refractivity contribution is 6.92. The molecule has 0 aliphatic carbocycles. The Kier molecular flexibility index (Phi) is 20.3. The van der Waals surface area contributed by atoms with Crippen LogP contribution >= 0.6 is 0 Å². The van der Waals surface area contributed by atoms with E-state index < -0.39 is 32.3 Å². The topological polar surface area (TPSA) is 0 Å². The summed E-state index contributed by atoms with van der Waals surface area (Å²) in [5, 5.41) is 17.0. The van der Waals surface area contributed by atoms with E-state index in [0.29, 0.717) is 66.5 Å². The van der Waals surface area contributed by atoms with Gasteiger partial charge in [0, 0.05) is 22.3 Å². The number of hydrogen-bond acceptors (Lipinski definition) is 0. The Balaban J connectivity index is 1.16. The molecule has 0 unspecified atom stereocenters. The van der Waals surface area contributed by atoms with Gasteiger partial charge in [-0.1, -0.05) is 287 Å². The van der Waals surface area contributed by atoms with Gasteiger partial charge in [0.2, 0.25) is 0 Å². The lowest BCUT2D eigenvalue weighted by Crippen LogP contribution is -2.43. The second-order valence-corrected chi connectivity index (χ2v) is 54.2. The van der Waals surface area contributed by atoms with Gasteiger partial charge in [0.05, 0.1) is 0 Å². The van der Waals surface area contributed by atoms with Gasteiger partial charge < -0.3 is 0 Å². The van der Waals surface area contributed by atoms with Gasteiger partial charge in [-0.2, -0.15) is 0 Å². The van der Waals surface area contributed by atoms with Gasteiger partial charge >= 0.3 is 0 Å². The van der Waals surface area contributed by atoms with E-state index in [9.17, 15) is 0 Å². The molecule has 0 amide bonds. The molecule has 0 nitrogen and oxygen atoms in total. The lowest BCUT2D eigenvalue weighted by atomic mass is 9.88. The molecule has 10 aromatic rings. The summed E-state index contributed by atoms with van der Waals surface area (Å²) in [5.41, 5.74) is 32.4. The minimum Gasteiger partial charge on any atom is -0.125 e. The maximum Gasteiger partial charge on any atom is 0.146 e. The predicted molar refractivity (Wildman–Crippen MR) is 432 cm³/mol. The van der Waals surface area contributed by atoms with Crippen LogP contribution in [-0.2, 0) is 0 Å². The van der Waals surface area contributed by atoms with Gasteiger partial charge in [-0.05, 0) is 213 Å². The second-order valence-electron chi connectivity index (χ2n) is 31.9. The molecule has 10 rings (SSSR count). The third-order valence-corrected chi connectivity index (χ3v) is 48.7. The Bertz CT molecular complexity index is 4710. The van der Waals surface area contributed by atoms with Gasteiger partial charge in [-0.3, -0.25) is 0 Å². The lowest BCUT2D eigenvalue weighted by Gasteiger charge is -2.38. The normalized spacial score (nSPS) is 12.9. The van der Waals surface area contributed by atoms with E-state index >= 15 is 0 Å². The first kappa shape index (κ1) is 69.9. The quantitative estimate of drug-likeness (QED) is 0.0578.